The minimum absolute atomic E-state index is 0.385. The zero-order valence-corrected chi connectivity index (χ0v) is 10.2. The Hall–Kier alpha value is -1.29. The first-order valence-corrected chi connectivity index (χ1v) is 5.83. The van der Waals surface area contributed by atoms with E-state index in [4.69, 9.17) is 0 Å². The summed E-state index contributed by atoms with van der Waals surface area (Å²) in [6, 6.07) is 9.10. The molecule has 88 valence electrons. The van der Waals surface area contributed by atoms with Crippen LogP contribution in [0.25, 0.3) is 0 Å². The molecule has 0 aromatic heterocycles. The van der Waals surface area contributed by atoms with Crippen LogP contribution in [0.2, 0.25) is 0 Å². The van der Waals surface area contributed by atoms with Crippen molar-refractivity contribution in [1.29, 1.82) is 0 Å². The molecule has 0 saturated heterocycles. The summed E-state index contributed by atoms with van der Waals surface area (Å²) in [6.07, 6.45) is 0. The second kappa shape index (κ2) is 4.92. The van der Waals surface area contributed by atoms with Gasteiger partial charge in [0.05, 0.1) is 4.83 Å². The lowest BCUT2D eigenvalue weighted by Gasteiger charge is -2.11. The Morgan fingerprint density at radius 2 is 1.35 bits per heavy atom. The highest BCUT2D eigenvalue weighted by Gasteiger charge is 2.13. The first-order chi connectivity index (χ1) is 8.06. The van der Waals surface area contributed by atoms with Gasteiger partial charge in [-0.05, 0) is 35.4 Å². The number of hydrogen-bond acceptors (Lipinski definition) is 0. The van der Waals surface area contributed by atoms with Gasteiger partial charge in [0.2, 0.25) is 0 Å². The van der Waals surface area contributed by atoms with Crippen LogP contribution >= 0.6 is 15.9 Å². The van der Waals surface area contributed by atoms with Gasteiger partial charge in [-0.2, -0.15) is 0 Å². The first-order valence-electron chi connectivity index (χ1n) is 4.92. The van der Waals surface area contributed by atoms with Gasteiger partial charge in [0.15, 0.2) is 0 Å². The van der Waals surface area contributed by atoms with Gasteiger partial charge in [-0.1, -0.05) is 28.1 Å². The first kappa shape index (κ1) is 12.2. The molecule has 0 unspecified atom stereocenters. The zero-order valence-electron chi connectivity index (χ0n) is 8.63. The minimum atomic E-state index is -0.652. The van der Waals surface area contributed by atoms with Crippen LogP contribution in [0.15, 0.2) is 42.5 Å². The molecule has 0 aliphatic heterocycles. The average Bonchev–Trinajstić information content (AvgIpc) is 2.26. The third kappa shape index (κ3) is 2.88. The van der Waals surface area contributed by atoms with Crippen molar-refractivity contribution >= 4 is 15.9 Å². The Labute approximate surface area is 105 Å². The highest BCUT2D eigenvalue weighted by atomic mass is 79.9. The summed E-state index contributed by atoms with van der Waals surface area (Å²) in [5.41, 5.74) is 1.02. The molecule has 4 heteroatoms. The van der Waals surface area contributed by atoms with Crippen molar-refractivity contribution in [1.82, 2.24) is 0 Å². The molecule has 2 aromatic carbocycles. The van der Waals surface area contributed by atoms with Crippen LogP contribution < -0.4 is 0 Å². The number of hydrogen-bond donors (Lipinski definition) is 0. The molecule has 0 nitrogen and oxygen atoms in total. The molecule has 2 rings (SSSR count). The monoisotopic (exact) mass is 300 g/mol. The number of benzene rings is 2. The van der Waals surface area contributed by atoms with E-state index in [-0.39, 0.29) is 5.82 Å². The highest BCUT2D eigenvalue weighted by molar-refractivity contribution is 9.09. The van der Waals surface area contributed by atoms with Gasteiger partial charge in [-0.25, -0.2) is 13.2 Å². The van der Waals surface area contributed by atoms with Crippen LogP contribution in [-0.4, -0.2) is 0 Å². The molecule has 0 aliphatic carbocycles. The van der Waals surface area contributed by atoms with E-state index in [9.17, 15) is 13.2 Å². The van der Waals surface area contributed by atoms with E-state index in [0.717, 1.165) is 6.07 Å². The number of halogens is 4. The van der Waals surface area contributed by atoms with E-state index < -0.39 is 16.5 Å². The average molecular weight is 301 g/mol. The van der Waals surface area contributed by atoms with Crippen molar-refractivity contribution in [3.8, 4) is 0 Å². The van der Waals surface area contributed by atoms with Crippen LogP contribution in [0.3, 0.4) is 0 Å². The Kier molecular flexibility index (Phi) is 3.52. The topological polar surface area (TPSA) is 0 Å². The van der Waals surface area contributed by atoms with E-state index in [1.54, 1.807) is 12.1 Å². The molecule has 0 fully saturated rings. The predicted molar refractivity (Wildman–Crippen MR) is 63.5 cm³/mol. The standard InChI is InChI=1S/C13H8BrF3/c14-13(8-2-1-3-10(15)4-8)9-5-11(16)7-12(17)6-9/h1-7,13H/t13-/m1/s1. The Morgan fingerprint density at radius 3 is 1.94 bits per heavy atom. The van der Waals surface area contributed by atoms with Crippen LogP contribution in [0.4, 0.5) is 13.2 Å². The van der Waals surface area contributed by atoms with Crippen molar-refractivity contribution in [2.75, 3.05) is 0 Å². The molecule has 0 spiro atoms. The van der Waals surface area contributed by atoms with E-state index in [1.165, 1.54) is 24.3 Å². The molecule has 0 heterocycles. The molecule has 0 saturated carbocycles. The lowest BCUT2D eigenvalue weighted by atomic mass is 10.0. The SMILES string of the molecule is Fc1cccc([C@@H](Br)c2cc(F)cc(F)c2)c1. The quantitative estimate of drug-likeness (QED) is 0.712. The van der Waals surface area contributed by atoms with E-state index in [1.807, 2.05) is 0 Å². The van der Waals surface area contributed by atoms with Crippen LogP contribution in [0.5, 0.6) is 0 Å². The number of rotatable bonds is 2. The largest absolute Gasteiger partial charge is 0.207 e. The molecular weight excluding hydrogens is 293 g/mol. The molecule has 17 heavy (non-hydrogen) atoms. The van der Waals surface area contributed by atoms with Crippen molar-refractivity contribution < 1.29 is 13.2 Å². The van der Waals surface area contributed by atoms with E-state index >= 15 is 0 Å². The summed E-state index contributed by atoms with van der Waals surface area (Å²) in [5, 5.41) is 0. The fourth-order valence-electron chi connectivity index (χ4n) is 1.58. The summed E-state index contributed by atoms with van der Waals surface area (Å²) in [6.45, 7) is 0. The Balaban J connectivity index is 2.39. The van der Waals surface area contributed by atoms with Gasteiger partial charge in [0.25, 0.3) is 0 Å². The molecule has 0 amide bonds. The lowest BCUT2D eigenvalue weighted by molar-refractivity contribution is 0.580. The fourth-order valence-corrected chi connectivity index (χ4v) is 2.13. The van der Waals surface area contributed by atoms with Gasteiger partial charge in [-0.3, -0.25) is 0 Å². The molecule has 2 aromatic rings. The maximum Gasteiger partial charge on any atom is 0.126 e. The molecule has 0 radical (unpaired) electrons. The van der Waals surface area contributed by atoms with Gasteiger partial charge in [-0.15, -0.1) is 0 Å². The van der Waals surface area contributed by atoms with Crippen LogP contribution in [-0.2, 0) is 0 Å². The smallest absolute Gasteiger partial charge is 0.126 e. The molecule has 0 aliphatic rings. The fraction of sp³-hybridized carbons (Fsp3) is 0.0769. The third-order valence-corrected chi connectivity index (χ3v) is 3.38. The second-order valence-electron chi connectivity index (χ2n) is 3.62. The third-order valence-electron chi connectivity index (χ3n) is 2.32. The summed E-state index contributed by atoms with van der Waals surface area (Å²) in [5.74, 6) is -1.69. The Morgan fingerprint density at radius 1 is 0.765 bits per heavy atom. The molecule has 1 atom stereocenters. The molecule has 0 N–H and O–H groups in total. The van der Waals surface area contributed by atoms with E-state index in [2.05, 4.69) is 15.9 Å². The highest BCUT2D eigenvalue weighted by Crippen LogP contribution is 2.31. The summed E-state index contributed by atoms with van der Waals surface area (Å²) < 4.78 is 39.1. The second-order valence-corrected chi connectivity index (χ2v) is 4.54. The van der Waals surface area contributed by atoms with Crippen molar-refractivity contribution in [3.05, 3.63) is 71.0 Å². The van der Waals surface area contributed by atoms with Crippen molar-refractivity contribution in [2.45, 2.75) is 4.83 Å². The minimum Gasteiger partial charge on any atom is -0.207 e. The normalized spacial score (nSPS) is 12.5. The lowest BCUT2D eigenvalue weighted by Crippen LogP contribution is -1.95. The van der Waals surface area contributed by atoms with Crippen LogP contribution in [0.1, 0.15) is 16.0 Å². The van der Waals surface area contributed by atoms with Crippen molar-refractivity contribution in [3.63, 3.8) is 0 Å². The van der Waals surface area contributed by atoms with Gasteiger partial charge >= 0.3 is 0 Å². The maximum atomic E-state index is 13.0. The van der Waals surface area contributed by atoms with Crippen molar-refractivity contribution in [2.24, 2.45) is 0 Å². The van der Waals surface area contributed by atoms with E-state index in [0.29, 0.717) is 11.1 Å². The Bertz CT molecular complexity index is 520. The molecule has 0 bridgehead atoms. The summed E-state index contributed by atoms with van der Waals surface area (Å²) in [4.78, 5) is -0.441. The van der Waals surface area contributed by atoms with Gasteiger partial charge in [0.1, 0.15) is 17.5 Å². The van der Waals surface area contributed by atoms with Gasteiger partial charge < -0.3 is 0 Å². The predicted octanol–water partition coefficient (Wildman–Crippen LogP) is 4.59. The summed E-state index contributed by atoms with van der Waals surface area (Å²) in [7, 11) is 0. The number of alkyl halides is 1. The van der Waals surface area contributed by atoms with Gasteiger partial charge in [0, 0.05) is 6.07 Å². The maximum absolute atomic E-state index is 13.0. The molecular formula is C13H8BrF3. The summed E-state index contributed by atoms with van der Waals surface area (Å²) >= 11 is 3.30. The van der Waals surface area contributed by atoms with Crippen LogP contribution in [0, 0.1) is 17.5 Å². The zero-order chi connectivity index (χ0) is 12.4.